The van der Waals surface area contributed by atoms with Crippen LogP contribution in [0.4, 0.5) is 5.82 Å². The van der Waals surface area contributed by atoms with Gasteiger partial charge in [0.1, 0.15) is 16.8 Å². The van der Waals surface area contributed by atoms with E-state index >= 15 is 0 Å². The van der Waals surface area contributed by atoms with Crippen LogP contribution < -0.4 is 5.32 Å². The first-order valence-corrected chi connectivity index (χ1v) is 7.11. The van der Waals surface area contributed by atoms with E-state index in [0.29, 0.717) is 11.0 Å². The number of nitrogens with one attached hydrogen (secondary N) is 1. The first-order chi connectivity index (χ1) is 9.47. The lowest BCUT2D eigenvalue weighted by molar-refractivity contribution is 0.573. The van der Waals surface area contributed by atoms with Crippen molar-refractivity contribution >= 4 is 17.4 Å². The maximum atomic E-state index is 6.05. The molecule has 0 spiro atoms. The highest BCUT2D eigenvalue weighted by atomic mass is 35.5. The van der Waals surface area contributed by atoms with Crippen molar-refractivity contribution in [2.24, 2.45) is 0 Å². The summed E-state index contributed by atoms with van der Waals surface area (Å²) in [5, 5.41) is 8.27. The Labute approximate surface area is 124 Å². The minimum absolute atomic E-state index is 0.513. The molecule has 0 saturated heterocycles. The number of aryl methyl sites for hydroxylation is 4. The molecule has 2 heterocycles. The lowest BCUT2D eigenvalue weighted by Crippen LogP contribution is -2.11. The van der Waals surface area contributed by atoms with Crippen LogP contribution in [0.3, 0.4) is 0 Å². The summed E-state index contributed by atoms with van der Waals surface area (Å²) in [7, 11) is 0. The Hall–Kier alpha value is -1.62. The van der Waals surface area contributed by atoms with Crippen molar-refractivity contribution in [3.05, 3.63) is 34.0 Å². The SMILES string of the molecule is Cc1cc(C)n(CCCNc2nc(C)nc(Cl)c2C)n1. The van der Waals surface area contributed by atoms with Crippen LogP contribution in [0.25, 0.3) is 0 Å². The topological polar surface area (TPSA) is 55.6 Å². The highest BCUT2D eigenvalue weighted by molar-refractivity contribution is 6.30. The molecule has 0 aliphatic heterocycles. The van der Waals surface area contributed by atoms with Gasteiger partial charge >= 0.3 is 0 Å². The summed E-state index contributed by atoms with van der Waals surface area (Å²) in [6.07, 6.45) is 0.974. The minimum Gasteiger partial charge on any atom is -0.370 e. The highest BCUT2D eigenvalue weighted by Crippen LogP contribution is 2.19. The molecule has 0 unspecified atom stereocenters. The molecule has 5 nitrogen and oxygen atoms in total. The molecule has 6 heteroatoms. The van der Waals surface area contributed by atoms with E-state index in [1.165, 1.54) is 5.69 Å². The van der Waals surface area contributed by atoms with Gasteiger partial charge in [0.2, 0.25) is 0 Å². The van der Waals surface area contributed by atoms with Crippen LogP contribution in [0.1, 0.15) is 29.2 Å². The molecule has 0 fully saturated rings. The first-order valence-electron chi connectivity index (χ1n) is 6.73. The van der Waals surface area contributed by atoms with Gasteiger partial charge in [0.15, 0.2) is 0 Å². The summed E-state index contributed by atoms with van der Waals surface area (Å²) < 4.78 is 2.03. The van der Waals surface area contributed by atoms with E-state index in [1.807, 2.05) is 25.5 Å². The molecule has 1 N–H and O–H groups in total. The van der Waals surface area contributed by atoms with Gasteiger partial charge in [-0.3, -0.25) is 4.68 Å². The van der Waals surface area contributed by atoms with E-state index in [9.17, 15) is 0 Å². The average molecular weight is 294 g/mol. The fourth-order valence-electron chi connectivity index (χ4n) is 2.10. The fourth-order valence-corrected chi connectivity index (χ4v) is 2.32. The highest BCUT2D eigenvalue weighted by Gasteiger charge is 2.07. The van der Waals surface area contributed by atoms with E-state index in [0.717, 1.165) is 36.6 Å². The molecule has 0 aliphatic carbocycles. The summed E-state index contributed by atoms with van der Waals surface area (Å²) >= 11 is 6.05. The van der Waals surface area contributed by atoms with Gasteiger partial charge in [-0.05, 0) is 40.2 Å². The predicted molar refractivity (Wildman–Crippen MR) is 81.3 cm³/mol. The zero-order valence-electron chi connectivity index (χ0n) is 12.4. The Morgan fingerprint density at radius 3 is 2.60 bits per heavy atom. The van der Waals surface area contributed by atoms with Crippen molar-refractivity contribution < 1.29 is 0 Å². The second-order valence-electron chi connectivity index (χ2n) is 4.97. The number of hydrogen-bond acceptors (Lipinski definition) is 4. The Bertz CT molecular complexity index is 606. The third-order valence-electron chi connectivity index (χ3n) is 3.14. The monoisotopic (exact) mass is 293 g/mol. The van der Waals surface area contributed by atoms with Gasteiger partial charge in [0.05, 0.1) is 5.69 Å². The molecule has 0 amide bonds. The Morgan fingerprint density at radius 1 is 1.20 bits per heavy atom. The number of hydrogen-bond donors (Lipinski definition) is 1. The van der Waals surface area contributed by atoms with Crippen LogP contribution in [0, 0.1) is 27.7 Å². The van der Waals surface area contributed by atoms with Crippen molar-refractivity contribution in [3.63, 3.8) is 0 Å². The summed E-state index contributed by atoms with van der Waals surface area (Å²) in [4.78, 5) is 8.49. The largest absolute Gasteiger partial charge is 0.370 e. The number of anilines is 1. The molecule has 108 valence electrons. The molecule has 0 aromatic carbocycles. The van der Waals surface area contributed by atoms with Crippen molar-refractivity contribution in [1.29, 1.82) is 0 Å². The Morgan fingerprint density at radius 2 is 1.95 bits per heavy atom. The Balaban J connectivity index is 1.89. The van der Waals surface area contributed by atoms with Crippen LogP contribution in [-0.4, -0.2) is 26.3 Å². The molecular formula is C14H20ClN5. The zero-order chi connectivity index (χ0) is 14.7. The molecular weight excluding hydrogens is 274 g/mol. The third kappa shape index (κ3) is 3.48. The molecule has 2 rings (SSSR count). The normalized spacial score (nSPS) is 10.8. The van der Waals surface area contributed by atoms with E-state index in [4.69, 9.17) is 11.6 Å². The zero-order valence-corrected chi connectivity index (χ0v) is 13.1. The lowest BCUT2D eigenvalue weighted by Gasteiger charge is -2.10. The molecule has 0 atom stereocenters. The van der Waals surface area contributed by atoms with E-state index in [2.05, 4.69) is 33.4 Å². The van der Waals surface area contributed by atoms with Crippen molar-refractivity contribution in [2.75, 3.05) is 11.9 Å². The quantitative estimate of drug-likeness (QED) is 0.680. The number of rotatable bonds is 5. The van der Waals surface area contributed by atoms with Gasteiger partial charge in [-0.1, -0.05) is 11.6 Å². The molecule has 0 aliphatic rings. The molecule has 0 bridgehead atoms. The summed E-state index contributed by atoms with van der Waals surface area (Å²) in [5.74, 6) is 1.50. The fraction of sp³-hybridized carbons (Fsp3) is 0.500. The van der Waals surface area contributed by atoms with E-state index in [-0.39, 0.29) is 0 Å². The van der Waals surface area contributed by atoms with Gasteiger partial charge in [0, 0.05) is 24.3 Å². The molecule has 20 heavy (non-hydrogen) atoms. The van der Waals surface area contributed by atoms with E-state index < -0.39 is 0 Å². The van der Waals surface area contributed by atoms with Gasteiger partial charge in [-0.15, -0.1) is 0 Å². The maximum absolute atomic E-state index is 6.05. The average Bonchev–Trinajstić information content (AvgIpc) is 2.69. The van der Waals surface area contributed by atoms with Crippen molar-refractivity contribution in [3.8, 4) is 0 Å². The first kappa shape index (κ1) is 14.8. The van der Waals surface area contributed by atoms with Crippen molar-refractivity contribution in [2.45, 2.75) is 40.7 Å². The second-order valence-corrected chi connectivity index (χ2v) is 5.32. The molecule has 2 aromatic rings. The van der Waals surface area contributed by atoms with Gasteiger partial charge < -0.3 is 5.32 Å². The third-order valence-corrected chi connectivity index (χ3v) is 3.51. The van der Waals surface area contributed by atoms with Gasteiger partial charge in [0.25, 0.3) is 0 Å². The van der Waals surface area contributed by atoms with Crippen LogP contribution in [0.15, 0.2) is 6.07 Å². The van der Waals surface area contributed by atoms with Gasteiger partial charge in [-0.2, -0.15) is 5.10 Å². The second kappa shape index (κ2) is 6.22. The summed E-state index contributed by atoms with van der Waals surface area (Å²) in [6, 6.07) is 2.09. The Kier molecular flexibility index (Phi) is 4.60. The predicted octanol–water partition coefficient (Wildman–Crippen LogP) is 3.06. The van der Waals surface area contributed by atoms with Crippen molar-refractivity contribution in [1.82, 2.24) is 19.7 Å². The molecule has 0 radical (unpaired) electrons. The standard InChI is InChI=1S/C14H20ClN5/c1-9-8-10(2)20(19-9)7-5-6-16-14-11(3)13(15)17-12(4)18-14/h8H,5-7H2,1-4H3,(H,16,17,18). The van der Waals surface area contributed by atoms with Crippen LogP contribution in [0.5, 0.6) is 0 Å². The number of halogens is 1. The summed E-state index contributed by atoms with van der Waals surface area (Å²) in [6.45, 7) is 9.56. The molecule has 0 saturated carbocycles. The maximum Gasteiger partial charge on any atom is 0.137 e. The van der Waals surface area contributed by atoms with Crippen LogP contribution in [-0.2, 0) is 6.54 Å². The van der Waals surface area contributed by atoms with E-state index in [1.54, 1.807) is 0 Å². The number of nitrogens with zero attached hydrogens (tertiary/aromatic N) is 4. The van der Waals surface area contributed by atoms with Crippen LogP contribution in [0.2, 0.25) is 5.15 Å². The molecule has 2 aromatic heterocycles. The smallest absolute Gasteiger partial charge is 0.137 e. The summed E-state index contributed by atoms with van der Waals surface area (Å²) in [5.41, 5.74) is 3.15. The van der Waals surface area contributed by atoms with Crippen LogP contribution >= 0.6 is 11.6 Å². The minimum atomic E-state index is 0.513. The lowest BCUT2D eigenvalue weighted by atomic mass is 10.3. The number of aromatic nitrogens is 4. The van der Waals surface area contributed by atoms with Gasteiger partial charge in [-0.25, -0.2) is 9.97 Å².